The van der Waals surface area contributed by atoms with Gasteiger partial charge in [-0.1, -0.05) is 12.1 Å². The molecule has 1 aromatic carbocycles. The quantitative estimate of drug-likeness (QED) is 0.649. The summed E-state index contributed by atoms with van der Waals surface area (Å²) < 4.78 is 28.5. The van der Waals surface area contributed by atoms with Crippen molar-refractivity contribution in [2.24, 2.45) is 11.8 Å². The zero-order valence-corrected chi connectivity index (χ0v) is 17.0. The van der Waals surface area contributed by atoms with Gasteiger partial charge in [-0.25, -0.2) is 0 Å². The molecule has 4 unspecified atom stereocenters. The number of benzene rings is 1. The highest BCUT2D eigenvalue weighted by Crippen LogP contribution is 2.41. The lowest BCUT2D eigenvalue weighted by Gasteiger charge is -2.48. The SMILES string of the molecule is COCCCN1COC2CCC3C(=O)C(Oc4ccccc4OC)=COC3C2C1. The molecule has 1 aromatic rings. The molecule has 4 atom stereocenters. The largest absolute Gasteiger partial charge is 0.493 e. The van der Waals surface area contributed by atoms with Crippen molar-refractivity contribution >= 4 is 5.78 Å². The summed E-state index contributed by atoms with van der Waals surface area (Å²) >= 11 is 0. The van der Waals surface area contributed by atoms with Gasteiger partial charge in [-0.15, -0.1) is 0 Å². The molecule has 0 spiro atoms. The average Bonchev–Trinajstić information content (AvgIpc) is 2.76. The van der Waals surface area contributed by atoms with E-state index >= 15 is 0 Å². The maximum Gasteiger partial charge on any atom is 0.208 e. The molecule has 1 saturated carbocycles. The van der Waals surface area contributed by atoms with Crippen molar-refractivity contribution in [3.8, 4) is 11.5 Å². The Labute approximate surface area is 171 Å². The zero-order chi connectivity index (χ0) is 20.2. The molecule has 7 heteroatoms. The smallest absolute Gasteiger partial charge is 0.208 e. The van der Waals surface area contributed by atoms with Crippen LogP contribution < -0.4 is 9.47 Å². The summed E-state index contributed by atoms with van der Waals surface area (Å²) in [4.78, 5) is 15.4. The van der Waals surface area contributed by atoms with Crippen LogP contribution in [0.2, 0.25) is 0 Å². The second kappa shape index (κ2) is 9.15. The number of rotatable bonds is 7. The summed E-state index contributed by atoms with van der Waals surface area (Å²) in [6.07, 6.45) is 4.03. The van der Waals surface area contributed by atoms with Gasteiger partial charge in [-0.2, -0.15) is 0 Å². The molecule has 0 aromatic heterocycles. The Kier molecular flexibility index (Phi) is 6.37. The van der Waals surface area contributed by atoms with Crippen molar-refractivity contribution in [2.75, 3.05) is 40.6 Å². The van der Waals surface area contributed by atoms with E-state index in [1.165, 1.54) is 6.26 Å². The maximum atomic E-state index is 13.1. The molecular weight excluding hydrogens is 374 g/mol. The fourth-order valence-electron chi connectivity index (χ4n) is 4.55. The second-order valence-corrected chi connectivity index (χ2v) is 7.81. The van der Waals surface area contributed by atoms with Crippen molar-refractivity contribution in [2.45, 2.75) is 31.5 Å². The van der Waals surface area contributed by atoms with Gasteiger partial charge in [-0.05, 0) is 31.4 Å². The van der Waals surface area contributed by atoms with Gasteiger partial charge in [0.1, 0.15) is 12.4 Å². The molecule has 0 bridgehead atoms. The highest BCUT2D eigenvalue weighted by Gasteiger charge is 2.49. The lowest BCUT2D eigenvalue weighted by molar-refractivity contribution is -0.173. The molecule has 2 aliphatic heterocycles. The fourth-order valence-corrected chi connectivity index (χ4v) is 4.55. The molecule has 2 heterocycles. The van der Waals surface area contributed by atoms with E-state index in [4.69, 9.17) is 23.7 Å². The van der Waals surface area contributed by atoms with Gasteiger partial charge in [0, 0.05) is 32.7 Å². The van der Waals surface area contributed by atoms with E-state index in [-0.39, 0.29) is 35.6 Å². The van der Waals surface area contributed by atoms with E-state index in [1.807, 2.05) is 12.1 Å². The zero-order valence-electron chi connectivity index (χ0n) is 17.0. The van der Waals surface area contributed by atoms with Crippen LogP contribution in [0, 0.1) is 11.8 Å². The standard InChI is InChI=1S/C22H29NO6/c1-25-11-5-10-23-12-16-17(28-14-23)9-8-15-21(24)20(13-27-22(15)16)29-19-7-4-3-6-18(19)26-2/h3-4,6-7,13,15-17,22H,5,8-12,14H2,1-2H3. The first-order valence-electron chi connectivity index (χ1n) is 10.2. The summed E-state index contributed by atoms with van der Waals surface area (Å²) in [5.41, 5.74) is 0. The molecule has 4 rings (SSSR count). The molecule has 2 fully saturated rings. The third-order valence-electron chi connectivity index (χ3n) is 6.02. The van der Waals surface area contributed by atoms with Crippen LogP contribution in [0.3, 0.4) is 0 Å². The Hall–Kier alpha value is -2.09. The average molecular weight is 403 g/mol. The number of ketones is 1. The van der Waals surface area contributed by atoms with E-state index in [0.717, 1.165) is 39.0 Å². The summed E-state index contributed by atoms with van der Waals surface area (Å²) in [5.74, 6) is 1.31. The van der Waals surface area contributed by atoms with Gasteiger partial charge < -0.3 is 23.7 Å². The fraction of sp³-hybridized carbons (Fsp3) is 0.591. The topological polar surface area (TPSA) is 66.5 Å². The minimum Gasteiger partial charge on any atom is -0.493 e. The predicted octanol–water partition coefficient (Wildman–Crippen LogP) is 2.60. The van der Waals surface area contributed by atoms with E-state index in [0.29, 0.717) is 18.2 Å². The van der Waals surface area contributed by atoms with Crippen LogP contribution in [0.4, 0.5) is 0 Å². The number of carbonyl (C=O) groups is 1. The summed E-state index contributed by atoms with van der Waals surface area (Å²) in [7, 11) is 3.29. The number of para-hydroxylation sites is 2. The Morgan fingerprint density at radius 2 is 2.00 bits per heavy atom. The first-order chi connectivity index (χ1) is 14.2. The van der Waals surface area contributed by atoms with E-state index in [1.54, 1.807) is 26.4 Å². The number of hydrogen-bond acceptors (Lipinski definition) is 7. The summed E-state index contributed by atoms with van der Waals surface area (Å²) in [5, 5.41) is 0. The number of carbonyl (C=O) groups excluding carboxylic acids is 1. The molecule has 29 heavy (non-hydrogen) atoms. The van der Waals surface area contributed by atoms with Crippen molar-refractivity contribution in [1.29, 1.82) is 0 Å². The van der Waals surface area contributed by atoms with Gasteiger partial charge in [0.25, 0.3) is 0 Å². The van der Waals surface area contributed by atoms with Crippen molar-refractivity contribution in [3.63, 3.8) is 0 Å². The van der Waals surface area contributed by atoms with E-state index < -0.39 is 0 Å². The number of Topliss-reactive ketones (excluding diaryl/α,β-unsaturated/α-hetero) is 1. The molecule has 1 saturated heterocycles. The van der Waals surface area contributed by atoms with Crippen LogP contribution in [-0.4, -0.2) is 63.5 Å². The Morgan fingerprint density at radius 3 is 2.79 bits per heavy atom. The van der Waals surface area contributed by atoms with Gasteiger partial charge in [0.15, 0.2) is 11.5 Å². The van der Waals surface area contributed by atoms with Crippen molar-refractivity contribution < 1.29 is 28.5 Å². The van der Waals surface area contributed by atoms with Crippen LogP contribution in [-0.2, 0) is 19.0 Å². The normalized spacial score (nSPS) is 29.3. The van der Waals surface area contributed by atoms with Crippen LogP contribution in [0.15, 0.2) is 36.3 Å². The third-order valence-corrected chi connectivity index (χ3v) is 6.02. The Bertz CT molecular complexity index is 749. The van der Waals surface area contributed by atoms with Crippen molar-refractivity contribution in [3.05, 3.63) is 36.3 Å². The number of hydrogen-bond donors (Lipinski definition) is 0. The highest BCUT2D eigenvalue weighted by atomic mass is 16.5. The second-order valence-electron chi connectivity index (χ2n) is 7.81. The Balaban J connectivity index is 1.45. The van der Waals surface area contributed by atoms with Gasteiger partial charge in [-0.3, -0.25) is 9.69 Å². The summed E-state index contributed by atoms with van der Waals surface area (Å²) in [6, 6.07) is 7.29. The summed E-state index contributed by atoms with van der Waals surface area (Å²) in [6.45, 7) is 3.16. The van der Waals surface area contributed by atoms with Gasteiger partial charge in [0.2, 0.25) is 11.5 Å². The minimum atomic E-state index is -0.200. The molecule has 0 radical (unpaired) electrons. The lowest BCUT2D eigenvalue weighted by Crippen LogP contribution is -2.57. The Morgan fingerprint density at radius 1 is 1.17 bits per heavy atom. The highest BCUT2D eigenvalue weighted by molar-refractivity contribution is 5.96. The monoisotopic (exact) mass is 403 g/mol. The van der Waals surface area contributed by atoms with E-state index in [9.17, 15) is 4.79 Å². The molecule has 7 nitrogen and oxygen atoms in total. The van der Waals surface area contributed by atoms with Crippen LogP contribution in [0.1, 0.15) is 19.3 Å². The lowest BCUT2D eigenvalue weighted by atomic mass is 9.73. The first kappa shape index (κ1) is 20.2. The van der Waals surface area contributed by atoms with Gasteiger partial charge in [0.05, 0.1) is 25.9 Å². The molecule has 158 valence electrons. The minimum absolute atomic E-state index is 0.00196. The van der Waals surface area contributed by atoms with Gasteiger partial charge >= 0.3 is 0 Å². The van der Waals surface area contributed by atoms with Crippen LogP contribution in [0.5, 0.6) is 11.5 Å². The molecular formula is C22H29NO6. The van der Waals surface area contributed by atoms with Crippen LogP contribution >= 0.6 is 0 Å². The van der Waals surface area contributed by atoms with Crippen molar-refractivity contribution in [1.82, 2.24) is 4.90 Å². The molecule has 0 N–H and O–H groups in total. The molecule has 1 aliphatic carbocycles. The predicted molar refractivity (Wildman–Crippen MR) is 106 cm³/mol. The number of nitrogens with zero attached hydrogens (tertiary/aromatic N) is 1. The number of methoxy groups -OCH3 is 2. The maximum absolute atomic E-state index is 13.1. The molecule has 3 aliphatic rings. The number of allylic oxidation sites excluding steroid dienone is 1. The molecule has 0 amide bonds. The number of ether oxygens (including phenoxy) is 5. The number of fused-ring (bicyclic) bond motifs is 3. The van der Waals surface area contributed by atoms with Crippen LogP contribution in [0.25, 0.3) is 0 Å². The first-order valence-corrected chi connectivity index (χ1v) is 10.2. The van der Waals surface area contributed by atoms with E-state index in [2.05, 4.69) is 4.90 Å². The third kappa shape index (κ3) is 4.27.